The SMILES string of the molecule is COONC(=O)N1CCC(Oc2ccc(-c3ccc4ccnn4c3C)cc2)CC1. The van der Waals surface area contributed by atoms with Gasteiger partial charge in [0.25, 0.3) is 0 Å². The molecule has 3 aromatic rings. The Labute approximate surface area is 168 Å². The summed E-state index contributed by atoms with van der Waals surface area (Å²) in [6.07, 6.45) is 3.41. The number of fused-ring (bicyclic) bond motifs is 1. The van der Waals surface area contributed by atoms with Gasteiger partial charge in [-0.3, -0.25) is 0 Å². The molecule has 0 unspecified atom stereocenters. The lowest BCUT2D eigenvalue weighted by atomic mass is 10.0. The standard InChI is InChI=1S/C21H24N4O4/c1-15-20(8-5-17-9-12-22-25(15)17)16-3-6-18(7-4-16)28-19-10-13-24(14-11-19)21(26)23-29-27-2/h3-9,12,19H,10-11,13-14H2,1-2H3,(H,23,26). The molecule has 1 fully saturated rings. The van der Waals surface area contributed by atoms with Crippen LogP contribution in [0.15, 0.2) is 48.7 Å². The molecule has 8 heteroatoms. The molecule has 1 N–H and O–H groups in total. The Morgan fingerprint density at radius 2 is 1.86 bits per heavy atom. The van der Waals surface area contributed by atoms with E-state index in [0.717, 1.165) is 40.9 Å². The lowest BCUT2D eigenvalue weighted by Crippen LogP contribution is -2.46. The van der Waals surface area contributed by atoms with Gasteiger partial charge in [0.1, 0.15) is 11.9 Å². The van der Waals surface area contributed by atoms with Crippen LogP contribution in [0.1, 0.15) is 18.5 Å². The summed E-state index contributed by atoms with van der Waals surface area (Å²) in [6, 6.07) is 14.0. The zero-order chi connectivity index (χ0) is 20.2. The van der Waals surface area contributed by atoms with E-state index in [9.17, 15) is 4.79 Å². The predicted molar refractivity (Wildman–Crippen MR) is 107 cm³/mol. The number of aryl methyl sites for hydroxylation is 1. The van der Waals surface area contributed by atoms with Crippen molar-refractivity contribution in [3.05, 3.63) is 54.4 Å². The highest BCUT2D eigenvalue weighted by molar-refractivity contribution is 5.73. The number of urea groups is 1. The Morgan fingerprint density at radius 3 is 2.59 bits per heavy atom. The van der Waals surface area contributed by atoms with E-state index in [-0.39, 0.29) is 12.1 Å². The predicted octanol–water partition coefficient (Wildman–Crippen LogP) is 3.36. The van der Waals surface area contributed by atoms with Crippen LogP contribution in [0.25, 0.3) is 16.6 Å². The van der Waals surface area contributed by atoms with Crippen LogP contribution in [0.4, 0.5) is 4.79 Å². The highest BCUT2D eigenvalue weighted by atomic mass is 17.3. The molecule has 2 amide bonds. The van der Waals surface area contributed by atoms with Gasteiger partial charge in [0.2, 0.25) is 0 Å². The minimum atomic E-state index is -0.306. The van der Waals surface area contributed by atoms with Crippen LogP contribution in [-0.2, 0) is 9.88 Å². The second kappa shape index (κ2) is 8.50. The van der Waals surface area contributed by atoms with Crippen LogP contribution in [-0.4, -0.2) is 46.8 Å². The maximum Gasteiger partial charge on any atom is 0.343 e. The fraction of sp³-hybridized carbons (Fsp3) is 0.333. The fourth-order valence-electron chi connectivity index (χ4n) is 3.65. The minimum Gasteiger partial charge on any atom is -0.490 e. The van der Waals surface area contributed by atoms with Gasteiger partial charge in [-0.2, -0.15) is 10.6 Å². The molecule has 1 aliphatic rings. The Morgan fingerprint density at radius 1 is 1.10 bits per heavy atom. The number of rotatable bonds is 5. The first-order valence-corrected chi connectivity index (χ1v) is 9.61. The summed E-state index contributed by atoms with van der Waals surface area (Å²) in [5.74, 6) is 0.831. The number of piperidine rings is 1. The highest BCUT2D eigenvalue weighted by Crippen LogP contribution is 2.27. The van der Waals surface area contributed by atoms with Crippen LogP contribution in [0.5, 0.6) is 5.75 Å². The lowest BCUT2D eigenvalue weighted by molar-refractivity contribution is -0.305. The third kappa shape index (κ3) is 4.18. The van der Waals surface area contributed by atoms with Crippen molar-refractivity contribution in [2.24, 2.45) is 0 Å². The molecule has 1 aromatic carbocycles. The molecule has 0 radical (unpaired) electrons. The van der Waals surface area contributed by atoms with Crippen molar-refractivity contribution >= 4 is 11.5 Å². The van der Waals surface area contributed by atoms with Gasteiger partial charge in [0, 0.05) is 43.4 Å². The molecule has 0 saturated carbocycles. The van der Waals surface area contributed by atoms with Crippen LogP contribution >= 0.6 is 0 Å². The monoisotopic (exact) mass is 396 g/mol. The van der Waals surface area contributed by atoms with E-state index in [1.54, 1.807) is 4.90 Å². The van der Waals surface area contributed by atoms with Crippen LogP contribution in [0, 0.1) is 6.92 Å². The number of hydrogen-bond donors (Lipinski definition) is 1. The number of ether oxygens (including phenoxy) is 1. The van der Waals surface area contributed by atoms with Crippen molar-refractivity contribution in [3.8, 4) is 16.9 Å². The lowest BCUT2D eigenvalue weighted by Gasteiger charge is -2.31. The second-order valence-electron chi connectivity index (χ2n) is 6.99. The van der Waals surface area contributed by atoms with Crippen molar-refractivity contribution in [2.45, 2.75) is 25.9 Å². The number of hydrogen-bond acceptors (Lipinski definition) is 5. The van der Waals surface area contributed by atoms with Gasteiger partial charge >= 0.3 is 6.03 Å². The van der Waals surface area contributed by atoms with E-state index >= 15 is 0 Å². The minimum absolute atomic E-state index is 0.0791. The number of carbonyl (C=O) groups is 1. The summed E-state index contributed by atoms with van der Waals surface area (Å²) < 4.78 is 8.06. The first-order chi connectivity index (χ1) is 14.2. The normalized spacial score (nSPS) is 14.9. The number of hydroxylamine groups is 1. The van der Waals surface area contributed by atoms with Crippen LogP contribution in [0.2, 0.25) is 0 Å². The number of aromatic nitrogens is 2. The number of likely N-dealkylation sites (tertiary alicyclic amines) is 1. The number of amides is 2. The van der Waals surface area contributed by atoms with E-state index in [2.05, 4.69) is 51.6 Å². The number of nitrogens with zero attached hydrogens (tertiary/aromatic N) is 3. The van der Waals surface area contributed by atoms with Crippen molar-refractivity contribution in [1.29, 1.82) is 0 Å². The third-order valence-electron chi connectivity index (χ3n) is 5.21. The molecule has 1 saturated heterocycles. The number of carbonyl (C=O) groups excluding carboxylic acids is 1. The molecule has 1 aliphatic heterocycles. The maximum atomic E-state index is 11.8. The molecule has 0 atom stereocenters. The Kier molecular flexibility index (Phi) is 5.64. The topological polar surface area (TPSA) is 77.3 Å². The molecule has 0 bridgehead atoms. The Balaban J connectivity index is 1.36. The van der Waals surface area contributed by atoms with Crippen LogP contribution < -0.4 is 10.2 Å². The molecule has 152 valence electrons. The fourth-order valence-corrected chi connectivity index (χ4v) is 3.65. The maximum absolute atomic E-state index is 11.8. The highest BCUT2D eigenvalue weighted by Gasteiger charge is 2.24. The van der Waals surface area contributed by atoms with E-state index in [0.29, 0.717) is 13.1 Å². The van der Waals surface area contributed by atoms with Gasteiger partial charge in [-0.1, -0.05) is 18.2 Å². The molecule has 3 heterocycles. The van der Waals surface area contributed by atoms with E-state index in [1.165, 1.54) is 7.11 Å². The van der Waals surface area contributed by atoms with Crippen molar-refractivity contribution in [2.75, 3.05) is 20.2 Å². The van der Waals surface area contributed by atoms with E-state index < -0.39 is 0 Å². The Bertz CT molecular complexity index is 978. The van der Waals surface area contributed by atoms with Gasteiger partial charge in [0.15, 0.2) is 0 Å². The summed E-state index contributed by atoms with van der Waals surface area (Å²) in [7, 11) is 1.34. The quantitative estimate of drug-likeness (QED) is 0.529. The average Bonchev–Trinajstić information content (AvgIpc) is 3.23. The van der Waals surface area contributed by atoms with Gasteiger partial charge in [-0.25, -0.2) is 14.2 Å². The first-order valence-electron chi connectivity index (χ1n) is 9.61. The Hall–Kier alpha value is -3.10. The molecule has 8 nitrogen and oxygen atoms in total. The van der Waals surface area contributed by atoms with E-state index in [4.69, 9.17) is 4.74 Å². The first kappa shape index (κ1) is 19.2. The van der Waals surface area contributed by atoms with E-state index in [1.807, 2.05) is 28.9 Å². The zero-order valence-electron chi connectivity index (χ0n) is 16.5. The van der Waals surface area contributed by atoms with Gasteiger partial charge in [-0.15, -0.1) is 4.99 Å². The van der Waals surface area contributed by atoms with Gasteiger partial charge < -0.3 is 9.64 Å². The third-order valence-corrected chi connectivity index (χ3v) is 5.21. The number of benzene rings is 1. The molecule has 2 aromatic heterocycles. The largest absolute Gasteiger partial charge is 0.490 e. The molecule has 0 aliphatic carbocycles. The van der Waals surface area contributed by atoms with Crippen molar-refractivity contribution in [1.82, 2.24) is 20.0 Å². The second-order valence-corrected chi connectivity index (χ2v) is 6.99. The van der Waals surface area contributed by atoms with Crippen molar-refractivity contribution < 1.29 is 19.4 Å². The summed E-state index contributed by atoms with van der Waals surface area (Å²) in [6.45, 7) is 3.27. The summed E-state index contributed by atoms with van der Waals surface area (Å²) >= 11 is 0. The number of pyridine rings is 1. The van der Waals surface area contributed by atoms with Crippen LogP contribution in [0.3, 0.4) is 0 Å². The summed E-state index contributed by atoms with van der Waals surface area (Å²) in [5.41, 5.74) is 6.67. The molecule has 0 spiro atoms. The molecule has 4 rings (SSSR count). The molecular formula is C21H24N4O4. The zero-order valence-corrected chi connectivity index (χ0v) is 16.5. The molecule has 29 heavy (non-hydrogen) atoms. The average molecular weight is 396 g/mol. The summed E-state index contributed by atoms with van der Waals surface area (Å²) in [4.78, 5) is 22.4. The van der Waals surface area contributed by atoms with Gasteiger partial charge in [-0.05, 0) is 36.8 Å². The number of nitrogens with one attached hydrogen (secondary N) is 1. The van der Waals surface area contributed by atoms with Crippen molar-refractivity contribution in [3.63, 3.8) is 0 Å². The summed E-state index contributed by atoms with van der Waals surface area (Å²) in [5, 5.41) is 4.38. The molecular weight excluding hydrogens is 372 g/mol. The van der Waals surface area contributed by atoms with Gasteiger partial charge in [0.05, 0.1) is 12.6 Å². The smallest absolute Gasteiger partial charge is 0.343 e.